The van der Waals surface area contributed by atoms with Gasteiger partial charge in [0.2, 0.25) is 0 Å². The van der Waals surface area contributed by atoms with Crippen molar-refractivity contribution in [2.24, 2.45) is 0 Å². The van der Waals surface area contributed by atoms with Crippen molar-refractivity contribution in [1.29, 1.82) is 0 Å². The maximum Gasteiger partial charge on any atom is 0.347 e. The highest BCUT2D eigenvalue weighted by Crippen LogP contribution is 2.13. The monoisotopic (exact) mass is 228 g/mol. The van der Waals surface area contributed by atoms with Crippen molar-refractivity contribution in [2.75, 3.05) is 0 Å². The standard InChI is InChI=1S/C13H8O4/c14-9-6-7-12(15)11(8-9)13(16)17-10-4-2-1-3-5-10/h1-8H. The highest BCUT2D eigenvalue weighted by molar-refractivity contribution is 6.29. The first kappa shape index (κ1) is 11.0. The predicted octanol–water partition coefficient (Wildman–Crippen LogP) is 1.23. The summed E-state index contributed by atoms with van der Waals surface area (Å²) in [5, 5.41) is 0. The van der Waals surface area contributed by atoms with E-state index in [4.69, 9.17) is 4.74 Å². The van der Waals surface area contributed by atoms with E-state index < -0.39 is 17.5 Å². The number of allylic oxidation sites excluding steroid dienone is 3. The minimum atomic E-state index is -0.820. The zero-order valence-corrected chi connectivity index (χ0v) is 8.75. The van der Waals surface area contributed by atoms with Crippen LogP contribution in [0.25, 0.3) is 0 Å². The summed E-state index contributed by atoms with van der Waals surface area (Å²) in [4.78, 5) is 34.0. The van der Waals surface area contributed by atoms with Gasteiger partial charge in [-0.05, 0) is 24.3 Å². The van der Waals surface area contributed by atoms with Gasteiger partial charge in [0.15, 0.2) is 11.6 Å². The Hall–Kier alpha value is -2.49. The Bertz CT molecular complexity index is 538. The highest BCUT2D eigenvalue weighted by atomic mass is 16.5. The molecule has 0 unspecified atom stereocenters. The summed E-state index contributed by atoms with van der Waals surface area (Å²) < 4.78 is 4.96. The maximum absolute atomic E-state index is 11.6. The van der Waals surface area contributed by atoms with Crippen LogP contribution in [0.2, 0.25) is 0 Å². The minimum Gasteiger partial charge on any atom is -0.423 e. The Kier molecular flexibility index (Phi) is 2.96. The number of ketones is 2. The number of ether oxygens (including phenoxy) is 1. The fraction of sp³-hybridized carbons (Fsp3) is 0. The molecule has 84 valence electrons. The van der Waals surface area contributed by atoms with E-state index in [-0.39, 0.29) is 5.57 Å². The largest absolute Gasteiger partial charge is 0.423 e. The second-order valence-electron chi connectivity index (χ2n) is 3.36. The Morgan fingerprint density at radius 1 is 1.00 bits per heavy atom. The molecule has 0 saturated carbocycles. The molecule has 4 heteroatoms. The van der Waals surface area contributed by atoms with Gasteiger partial charge in [0, 0.05) is 6.08 Å². The van der Waals surface area contributed by atoms with E-state index >= 15 is 0 Å². The Morgan fingerprint density at radius 2 is 1.71 bits per heavy atom. The predicted molar refractivity (Wildman–Crippen MR) is 59.3 cm³/mol. The molecule has 0 amide bonds. The molecular weight excluding hydrogens is 220 g/mol. The molecule has 4 nitrogen and oxygen atoms in total. The summed E-state index contributed by atoms with van der Waals surface area (Å²) in [6.45, 7) is 0. The number of carbonyl (C=O) groups excluding carboxylic acids is 3. The van der Waals surface area contributed by atoms with E-state index in [1.807, 2.05) is 0 Å². The fourth-order valence-corrected chi connectivity index (χ4v) is 1.32. The smallest absolute Gasteiger partial charge is 0.347 e. The van der Waals surface area contributed by atoms with Gasteiger partial charge >= 0.3 is 5.97 Å². The lowest BCUT2D eigenvalue weighted by molar-refractivity contribution is -0.132. The summed E-state index contributed by atoms with van der Waals surface area (Å²) in [6, 6.07) is 8.34. The van der Waals surface area contributed by atoms with Crippen molar-refractivity contribution in [3.05, 3.63) is 54.1 Å². The van der Waals surface area contributed by atoms with E-state index in [0.29, 0.717) is 5.75 Å². The van der Waals surface area contributed by atoms with Crippen molar-refractivity contribution in [3.8, 4) is 5.75 Å². The molecule has 1 aromatic carbocycles. The van der Waals surface area contributed by atoms with Gasteiger partial charge in [-0.1, -0.05) is 18.2 Å². The molecule has 2 rings (SSSR count). The second-order valence-corrected chi connectivity index (χ2v) is 3.36. The molecule has 17 heavy (non-hydrogen) atoms. The number of para-hydroxylation sites is 1. The van der Waals surface area contributed by atoms with Crippen LogP contribution in [0.15, 0.2) is 54.1 Å². The van der Waals surface area contributed by atoms with E-state index in [0.717, 1.165) is 18.2 Å². The van der Waals surface area contributed by atoms with Gasteiger partial charge < -0.3 is 4.74 Å². The van der Waals surface area contributed by atoms with E-state index in [2.05, 4.69) is 0 Å². The van der Waals surface area contributed by atoms with Crippen LogP contribution in [-0.2, 0) is 14.4 Å². The first-order chi connectivity index (χ1) is 8.16. The van der Waals surface area contributed by atoms with Gasteiger partial charge in [0.25, 0.3) is 0 Å². The van der Waals surface area contributed by atoms with Gasteiger partial charge in [0.1, 0.15) is 11.3 Å². The zero-order valence-electron chi connectivity index (χ0n) is 8.75. The number of benzene rings is 1. The summed E-state index contributed by atoms with van der Waals surface area (Å²) in [5.41, 5.74) is -0.249. The Labute approximate surface area is 97.2 Å². The minimum absolute atomic E-state index is 0.249. The highest BCUT2D eigenvalue weighted by Gasteiger charge is 2.22. The number of rotatable bonds is 2. The lowest BCUT2D eigenvalue weighted by atomic mass is 10.0. The first-order valence-corrected chi connectivity index (χ1v) is 4.92. The number of hydrogen-bond acceptors (Lipinski definition) is 4. The Morgan fingerprint density at radius 3 is 2.41 bits per heavy atom. The molecule has 0 bridgehead atoms. The maximum atomic E-state index is 11.6. The molecular formula is C13H8O4. The van der Waals surface area contributed by atoms with Crippen LogP contribution in [0.4, 0.5) is 0 Å². The average molecular weight is 228 g/mol. The molecule has 0 atom stereocenters. The van der Waals surface area contributed by atoms with Crippen molar-refractivity contribution in [1.82, 2.24) is 0 Å². The van der Waals surface area contributed by atoms with E-state index in [9.17, 15) is 14.4 Å². The van der Waals surface area contributed by atoms with Crippen LogP contribution in [0.1, 0.15) is 0 Å². The molecule has 0 saturated heterocycles. The van der Waals surface area contributed by atoms with Crippen molar-refractivity contribution in [3.63, 3.8) is 0 Å². The molecule has 1 aliphatic carbocycles. The van der Waals surface area contributed by atoms with Gasteiger partial charge in [-0.15, -0.1) is 0 Å². The van der Waals surface area contributed by atoms with Crippen LogP contribution in [0.5, 0.6) is 5.75 Å². The second kappa shape index (κ2) is 4.57. The number of carbonyl (C=O) groups is 3. The van der Waals surface area contributed by atoms with Crippen molar-refractivity contribution in [2.45, 2.75) is 0 Å². The van der Waals surface area contributed by atoms with Crippen molar-refractivity contribution < 1.29 is 19.1 Å². The summed E-state index contributed by atoms with van der Waals surface area (Å²) in [5.74, 6) is -1.41. The van der Waals surface area contributed by atoms with E-state index in [1.54, 1.807) is 30.3 Å². The lowest BCUT2D eigenvalue weighted by Crippen LogP contribution is -2.20. The SMILES string of the molecule is O=C1C=CC(=O)C(C(=O)Oc2ccccc2)=C1. The summed E-state index contributed by atoms with van der Waals surface area (Å²) in [7, 11) is 0. The molecule has 0 radical (unpaired) electrons. The molecule has 0 N–H and O–H groups in total. The number of hydrogen-bond donors (Lipinski definition) is 0. The molecule has 0 fully saturated rings. The van der Waals surface area contributed by atoms with Crippen molar-refractivity contribution >= 4 is 17.5 Å². The third-order valence-electron chi connectivity index (χ3n) is 2.12. The van der Waals surface area contributed by atoms with Crippen LogP contribution < -0.4 is 4.74 Å². The third-order valence-corrected chi connectivity index (χ3v) is 2.12. The van der Waals surface area contributed by atoms with Gasteiger partial charge in [-0.2, -0.15) is 0 Å². The fourth-order valence-electron chi connectivity index (χ4n) is 1.32. The normalized spacial score (nSPS) is 14.5. The van der Waals surface area contributed by atoms with Gasteiger partial charge in [0.05, 0.1) is 0 Å². The van der Waals surface area contributed by atoms with Gasteiger partial charge in [-0.25, -0.2) is 4.79 Å². The summed E-state index contributed by atoms with van der Waals surface area (Å²) in [6.07, 6.45) is 3.15. The van der Waals surface area contributed by atoms with Crippen LogP contribution in [0.3, 0.4) is 0 Å². The summed E-state index contributed by atoms with van der Waals surface area (Å²) >= 11 is 0. The molecule has 0 aliphatic heterocycles. The van der Waals surface area contributed by atoms with Crippen LogP contribution in [-0.4, -0.2) is 17.5 Å². The quantitative estimate of drug-likeness (QED) is 0.330. The number of esters is 1. The molecule has 0 aromatic heterocycles. The Balaban J connectivity index is 2.16. The molecule has 1 aliphatic rings. The first-order valence-electron chi connectivity index (χ1n) is 4.92. The third kappa shape index (κ3) is 2.55. The average Bonchev–Trinajstić information content (AvgIpc) is 2.33. The van der Waals surface area contributed by atoms with Crippen LogP contribution in [0, 0.1) is 0 Å². The van der Waals surface area contributed by atoms with E-state index in [1.165, 1.54) is 0 Å². The van der Waals surface area contributed by atoms with Crippen LogP contribution >= 0.6 is 0 Å². The molecule has 1 aromatic rings. The lowest BCUT2D eigenvalue weighted by Gasteiger charge is -2.06. The van der Waals surface area contributed by atoms with Gasteiger partial charge in [-0.3, -0.25) is 9.59 Å². The zero-order chi connectivity index (χ0) is 12.3. The topological polar surface area (TPSA) is 60.4 Å². The molecule has 0 heterocycles. The molecule has 0 spiro atoms.